The number of hydrogen-bond acceptors (Lipinski definition) is 2. The van der Waals surface area contributed by atoms with Gasteiger partial charge in [-0.2, -0.15) is 0 Å². The molecule has 0 atom stereocenters. The molecular weight excluding hydrogens is 347 g/mol. The summed E-state index contributed by atoms with van der Waals surface area (Å²) in [5.74, 6) is -0.417. The van der Waals surface area contributed by atoms with Crippen LogP contribution < -0.4 is 10.9 Å². The Morgan fingerprint density at radius 2 is 1.88 bits per heavy atom. The zero-order chi connectivity index (χ0) is 17.1. The van der Waals surface area contributed by atoms with E-state index in [1.54, 1.807) is 24.3 Å². The van der Waals surface area contributed by atoms with E-state index in [0.717, 1.165) is 10.9 Å². The Labute approximate surface area is 148 Å². The van der Waals surface area contributed by atoms with Crippen molar-refractivity contribution in [2.45, 2.75) is 6.42 Å². The van der Waals surface area contributed by atoms with E-state index in [2.05, 4.69) is 10.3 Å². The molecule has 0 aliphatic rings. The van der Waals surface area contributed by atoms with Crippen molar-refractivity contribution in [3.63, 3.8) is 0 Å². The van der Waals surface area contributed by atoms with Crippen LogP contribution >= 0.6 is 23.2 Å². The van der Waals surface area contributed by atoms with E-state index in [-0.39, 0.29) is 5.56 Å². The molecule has 0 unspecified atom stereocenters. The topological polar surface area (TPSA) is 62.0 Å². The first-order chi connectivity index (χ1) is 11.6. The molecule has 1 amide bonds. The van der Waals surface area contributed by atoms with Crippen LogP contribution in [0.2, 0.25) is 10.0 Å². The SMILES string of the molecule is O=C(NCCc1cccc(Cl)c1Cl)c1cc2ccccc2[nH]c1=O. The molecule has 1 heterocycles. The monoisotopic (exact) mass is 360 g/mol. The molecular formula is C18H14Cl2N2O2. The minimum atomic E-state index is -0.417. The molecule has 1 aromatic heterocycles. The maximum absolute atomic E-state index is 12.3. The molecule has 0 aliphatic carbocycles. The van der Waals surface area contributed by atoms with Crippen molar-refractivity contribution >= 4 is 40.0 Å². The van der Waals surface area contributed by atoms with E-state index in [1.165, 1.54) is 0 Å². The number of rotatable bonds is 4. The fraction of sp³-hybridized carbons (Fsp3) is 0.111. The number of aromatic amines is 1. The van der Waals surface area contributed by atoms with Crippen LogP contribution in [0.3, 0.4) is 0 Å². The number of H-pyrrole nitrogens is 1. The molecule has 3 aromatic rings. The highest BCUT2D eigenvalue weighted by molar-refractivity contribution is 6.42. The van der Waals surface area contributed by atoms with Crippen LogP contribution in [-0.4, -0.2) is 17.4 Å². The Kier molecular flexibility index (Phi) is 4.88. The lowest BCUT2D eigenvalue weighted by Crippen LogP contribution is -2.31. The number of para-hydroxylation sites is 1. The molecule has 0 aliphatic heterocycles. The van der Waals surface area contributed by atoms with Crippen molar-refractivity contribution in [2.75, 3.05) is 6.54 Å². The fourth-order valence-electron chi connectivity index (χ4n) is 2.46. The summed E-state index contributed by atoms with van der Waals surface area (Å²) in [4.78, 5) is 27.0. The number of carbonyl (C=O) groups excluding carboxylic acids is 1. The highest BCUT2D eigenvalue weighted by atomic mass is 35.5. The summed E-state index contributed by atoms with van der Waals surface area (Å²) in [6.07, 6.45) is 0.524. The standard InChI is InChI=1S/C18H14Cl2N2O2/c19-14-6-3-5-11(16(14)20)8-9-21-17(23)13-10-12-4-1-2-7-15(12)22-18(13)24/h1-7,10H,8-9H2,(H,21,23)(H,22,24). The van der Waals surface area contributed by atoms with Crippen LogP contribution in [0.5, 0.6) is 0 Å². The van der Waals surface area contributed by atoms with Gasteiger partial charge in [-0.25, -0.2) is 0 Å². The third-order valence-electron chi connectivity index (χ3n) is 3.71. The molecule has 4 nitrogen and oxygen atoms in total. The minimum Gasteiger partial charge on any atom is -0.352 e. The second kappa shape index (κ2) is 7.07. The molecule has 0 fully saturated rings. The average Bonchev–Trinajstić information content (AvgIpc) is 2.58. The van der Waals surface area contributed by atoms with Gasteiger partial charge in [0.05, 0.1) is 10.0 Å². The summed E-state index contributed by atoms with van der Waals surface area (Å²) < 4.78 is 0. The zero-order valence-corrected chi connectivity index (χ0v) is 14.1. The van der Waals surface area contributed by atoms with Crippen molar-refractivity contribution in [1.29, 1.82) is 0 Å². The molecule has 0 radical (unpaired) electrons. The quantitative estimate of drug-likeness (QED) is 0.742. The Morgan fingerprint density at radius 3 is 2.71 bits per heavy atom. The molecule has 0 saturated carbocycles. The minimum absolute atomic E-state index is 0.0888. The molecule has 3 rings (SSSR count). The normalized spacial score (nSPS) is 10.8. The van der Waals surface area contributed by atoms with Gasteiger partial charge in [-0.3, -0.25) is 9.59 Å². The van der Waals surface area contributed by atoms with Crippen molar-refractivity contribution in [2.24, 2.45) is 0 Å². The second-order valence-electron chi connectivity index (χ2n) is 5.32. The van der Waals surface area contributed by atoms with E-state index < -0.39 is 11.5 Å². The maximum Gasteiger partial charge on any atom is 0.261 e. The van der Waals surface area contributed by atoms with Gasteiger partial charge in [-0.05, 0) is 35.6 Å². The summed E-state index contributed by atoms with van der Waals surface area (Å²) in [5.41, 5.74) is 1.22. The number of carbonyl (C=O) groups is 1. The molecule has 0 bridgehead atoms. The number of hydrogen-bond donors (Lipinski definition) is 2. The number of halogens is 2. The summed E-state index contributed by atoms with van der Waals surface area (Å²) in [5, 5.41) is 4.51. The zero-order valence-electron chi connectivity index (χ0n) is 12.6. The summed E-state index contributed by atoms with van der Waals surface area (Å²) >= 11 is 12.1. The van der Waals surface area contributed by atoms with E-state index in [9.17, 15) is 9.59 Å². The second-order valence-corrected chi connectivity index (χ2v) is 6.10. The van der Waals surface area contributed by atoms with Crippen molar-refractivity contribution in [3.8, 4) is 0 Å². The van der Waals surface area contributed by atoms with Crippen molar-refractivity contribution in [3.05, 3.63) is 80.1 Å². The molecule has 2 aromatic carbocycles. The van der Waals surface area contributed by atoms with Gasteiger partial charge in [0.2, 0.25) is 0 Å². The van der Waals surface area contributed by atoms with E-state index in [4.69, 9.17) is 23.2 Å². The number of nitrogens with one attached hydrogen (secondary N) is 2. The summed E-state index contributed by atoms with van der Waals surface area (Å²) in [6, 6.07) is 14.3. The smallest absolute Gasteiger partial charge is 0.261 e. The Balaban J connectivity index is 1.72. The predicted octanol–water partition coefficient (Wildman–Crippen LogP) is 3.81. The fourth-order valence-corrected chi connectivity index (χ4v) is 2.88. The van der Waals surface area contributed by atoms with Gasteiger partial charge in [0.1, 0.15) is 5.56 Å². The first-order valence-corrected chi connectivity index (χ1v) is 8.15. The van der Waals surface area contributed by atoms with Gasteiger partial charge in [0.25, 0.3) is 11.5 Å². The Hall–Kier alpha value is -2.30. The predicted molar refractivity (Wildman–Crippen MR) is 97.1 cm³/mol. The number of fused-ring (bicyclic) bond motifs is 1. The van der Waals surface area contributed by atoms with Gasteiger partial charge >= 0.3 is 0 Å². The Bertz CT molecular complexity index is 967. The molecule has 24 heavy (non-hydrogen) atoms. The average molecular weight is 361 g/mol. The molecule has 2 N–H and O–H groups in total. The van der Waals surface area contributed by atoms with Crippen LogP contribution in [0.1, 0.15) is 15.9 Å². The number of benzene rings is 2. The van der Waals surface area contributed by atoms with E-state index in [0.29, 0.717) is 28.5 Å². The summed E-state index contributed by atoms with van der Waals surface area (Å²) in [7, 11) is 0. The molecule has 122 valence electrons. The van der Waals surface area contributed by atoms with E-state index in [1.807, 2.05) is 24.3 Å². The lowest BCUT2D eigenvalue weighted by atomic mass is 10.1. The van der Waals surface area contributed by atoms with Crippen molar-refractivity contribution in [1.82, 2.24) is 10.3 Å². The van der Waals surface area contributed by atoms with Crippen LogP contribution in [0.25, 0.3) is 10.9 Å². The number of pyridine rings is 1. The van der Waals surface area contributed by atoms with Gasteiger partial charge < -0.3 is 10.3 Å². The third kappa shape index (κ3) is 3.45. The van der Waals surface area contributed by atoms with E-state index >= 15 is 0 Å². The van der Waals surface area contributed by atoms with Crippen LogP contribution in [-0.2, 0) is 6.42 Å². The van der Waals surface area contributed by atoms with Gasteiger partial charge in [-0.1, -0.05) is 53.5 Å². The van der Waals surface area contributed by atoms with Crippen LogP contribution in [0, 0.1) is 0 Å². The number of aromatic nitrogens is 1. The summed E-state index contributed by atoms with van der Waals surface area (Å²) in [6.45, 7) is 0.352. The Morgan fingerprint density at radius 1 is 1.08 bits per heavy atom. The van der Waals surface area contributed by atoms with Gasteiger partial charge in [0, 0.05) is 12.1 Å². The first kappa shape index (κ1) is 16.6. The molecule has 6 heteroatoms. The van der Waals surface area contributed by atoms with Crippen molar-refractivity contribution < 1.29 is 4.79 Å². The van der Waals surface area contributed by atoms with Crippen LogP contribution in [0.4, 0.5) is 0 Å². The van der Waals surface area contributed by atoms with Crippen LogP contribution in [0.15, 0.2) is 53.3 Å². The lowest BCUT2D eigenvalue weighted by Gasteiger charge is -2.08. The number of amides is 1. The molecule has 0 saturated heterocycles. The molecule has 0 spiro atoms. The maximum atomic E-state index is 12.3. The van der Waals surface area contributed by atoms with Gasteiger partial charge in [0.15, 0.2) is 0 Å². The highest BCUT2D eigenvalue weighted by Crippen LogP contribution is 2.25. The third-order valence-corrected chi connectivity index (χ3v) is 4.57. The first-order valence-electron chi connectivity index (χ1n) is 7.39. The lowest BCUT2D eigenvalue weighted by molar-refractivity contribution is 0.0953. The van der Waals surface area contributed by atoms with Gasteiger partial charge in [-0.15, -0.1) is 0 Å². The highest BCUT2D eigenvalue weighted by Gasteiger charge is 2.12. The largest absolute Gasteiger partial charge is 0.352 e.